The second-order valence-electron chi connectivity index (χ2n) is 6.95. The fraction of sp³-hybridized carbons (Fsp3) is 0.444. The van der Waals surface area contributed by atoms with Gasteiger partial charge in [0.05, 0.1) is 22.6 Å². The highest BCUT2D eigenvalue weighted by Gasteiger charge is 2.26. The summed E-state index contributed by atoms with van der Waals surface area (Å²) in [5.41, 5.74) is -0.0523. The summed E-state index contributed by atoms with van der Waals surface area (Å²) >= 11 is 0. The van der Waals surface area contributed by atoms with E-state index in [4.69, 9.17) is 4.42 Å². The van der Waals surface area contributed by atoms with Crippen LogP contribution in [0.15, 0.2) is 45.9 Å². The van der Waals surface area contributed by atoms with Crippen molar-refractivity contribution in [2.75, 3.05) is 5.32 Å². The number of hydrogen-bond acceptors (Lipinski definition) is 6. The highest BCUT2D eigenvalue weighted by molar-refractivity contribution is 7.89. The summed E-state index contributed by atoms with van der Waals surface area (Å²) in [6, 6.07) is 7.23. The number of benzene rings is 1. The lowest BCUT2D eigenvalue weighted by Crippen LogP contribution is -2.37. The molecule has 2 aromatic rings. The van der Waals surface area contributed by atoms with Crippen molar-refractivity contribution in [3.8, 4) is 0 Å². The van der Waals surface area contributed by atoms with Gasteiger partial charge in [-0.05, 0) is 55.9 Å². The Bertz CT molecular complexity index is 888. The monoisotopic (exact) mass is 393 g/mol. The SMILES string of the molecule is CC1CCC(NS(=O)(=O)c2ccc(NCc3ccco3)c([N+](=O)[O-])c2)CC1. The molecule has 27 heavy (non-hydrogen) atoms. The van der Waals surface area contributed by atoms with Gasteiger partial charge >= 0.3 is 0 Å². The first-order valence-corrected chi connectivity index (χ1v) is 10.4. The molecule has 1 aromatic carbocycles. The molecule has 8 nitrogen and oxygen atoms in total. The van der Waals surface area contributed by atoms with Gasteiger partial charge in [0.2, 0.25) is 10.0 Å². The first-order valence-electron chi connectivity index (χ1n) is 8.92. The minimum Gasteiger partial charge on any atom is -0.467 e. The van der Waals surface area contributed by atoms with Crippen molar-refractivity contribution >= 4 is 21.4 Å². The maximum atomic E-state index is 12.6. The van der Waals surface area contributed by atoms with Crippen molar-refractivity contribution in [1.82, 2.24) is 4.72 Å². The Morgan fingerprint density at radius 1 is 1.22 bits per heavy atom. The Morgan fingerprint density at radius 2 is 1.96 bits per heavy atom. The van der Waals surface area contributed by atoms with E-state index >= 15 is 0 Å². The van der Waals surface area contributed by atoms with Crippen LogP contribution in [-0.4, -0.2) is 19.4 Å². The van der Waals surface area contributed by atoms with Gasteiger partial charge < -0.3 is 9.73 Å². The second-order valence-corrected chi connectivity index (χ2v) is 8.66. The first kappa shape index (κ1) is 19.4. The standard InChI is InChI=1S/C18H23N3O5S/c1-13-4-6-14(7-5-13)20-27(24,25)16-8-9-17(18(11-16)21(22)23)19-12-15-3-2-10-26-15/h2-3,8-11,13-14,19-20H,4-7,12H2,1H3. The van der Waals surface area contributed by atoms with Crippen LogP contribution >= 0.6 is 0 Å². The van der Waals surface area contributed by atoms with Crippen LogP contribution in [0.5, 0.6) is 0 Å². The minimum absolute atomic E-state index is 0.101. The van der Waals surface area contributed by atoms with Gasteiger partial charge in [0.15, 0.2) is 0 Å². The van der Waals surface area contributed by atoms with Crippen molar-refractivity contribution in [1.29, 1.82) is 0 Å². The zero-order chi connectivity index (χ0) is 19.4. The van der Waals surface area contributed by atoms with Crippen LogP contribution in [0.25, 0.3) is 0 Å². The highest BCUT2D eigenvalue weighted by Crippen LogP contribution is 2.29. The molecule has 1 aromatic heterocycles. The molecule has 0 atom stereocenters. The van der Waals surface area contributed by atoms with Gasteiger partial charge in [0, 0.05) is 12.1 Å². The Hall–Kier alpha value is -2.39. The smallest absolute Gasteiger partial charge is 0.293 e. The van der Waals surface area contributed by atoms with Crippen LogP contribution in [0, 0.1) is 16.0 Å². The third kappa shape index (κ3) is 4.86. The predicted molar refractivity (Wildman–Crippen MR) is 101 cm³/mol. The average Bonchev–Trinajstić information content (AvgIpc) is 3.15. The summed E-state index contributed by atoms with van der Waals surface area (Å²) in [6.07, 6.45) is 5.03. The molecule has 3 rings (SSSR count). The molecule has 1 saturated carbocycles. The number of furan rings is 1. The zero-order valence-electron chi connectivity index (χ0n) is 15.1. The van der Waals surface area contributed by atoms with Crippen LogP contribution in [0.1, 0.15) is 38.4 Å². The Labute approximate surface area is 158 Å². The van der Waals surface area contributed by atoms with Crippen LogP contribution in [0.4, 0.5) is 11.4 Å². The molecular weight excluding hydrogens is 370 g/mol. The third-order valence-corrected chi connectivity index (χ3v) is 6.37. The van der Waals surface area contributed by atoms with Gasteiger partial charge in [-0.2, -0.15) is 0 Å². The number of rotatable bonds is 7. The molecule has 1 fully saturated rings. The molecule has 1 aliphatic carbocycles. The number of anilines is 1. The number of sulfonamides is 1. The molecule has 0 saturated heterocycles. The molecule has 1 heterocycles. The molecule has 1 aliphatic rings. The maximum Gasteiger partial charge on any atom is 0.293 e. The number of nitrogens with zero attached hydrogens (tertiary/aromatic N) is 1. The summed E-state index contributed by atoms with van der Waals surface area (Å²) in [4.78, 5) is 10.7. The molecule has 146 valence electrons. The molecule has 0 unspecified atom stereocenters. The van der Waals surface area contributed by atoms with Crippen molar-refractivity contribution in [2.24, 2.45) is 5.92 Å². The second kappa shape index (κ2) is 8.10. The van der Waals surface area contributed by atoms with Crippen molar-refractivity contribution in [3.05, 3.63) is 52.5 Å². The van der Waals surface area contributed by atoms with Crippen molar-refractivity contribution in [3.63, 3.8) is 0 Å². The molecule has 0 amide bonds. The van der Waals surface area contributed by atoms with Crippen LogP contribution in [0.2, 0.25) is 0 Å². The van der Waals surface area contributed by atoms with E-state index in [1.54, 1.807) is 12.1 Å². The number of nitro groups is 1. The van der Waals surface area contributed by atoms with E-state index in [-0.39, 0.29) is 28.9 Å². The fourth-order valence-corrected chi connectivity index (χ4v) is 4.56. The third-order valence-electron chi connectivity index (χ3n) is 4.85. The van der Waals surface area contributed by atoms with Gasteiger partial charge in [-0.3, -0.25) is 10.1 Å². The Balaban J connectivity index is 1.77. The van der Waals surface area contributed by atoms with Crippen LogP contribution in [0.3, 0.4) is 0 Å². The van der Waals surface area contributed by atoms with Crippen LogP contribution in [-0.2, 0) is 16.6 Å². The van der Waals surface area contributed by atoms with Gasteiger partial charge in [-0.1, -0.05) is 6.92 Å². The van der Waals surface area contributed by atoms with Gasteiger partial charge in [-0.15, -0.1) is 0 Å². The lowest BCUT2D eigenvalue weighted by Gasteiger charge is -2.26. The van der Waals surface area contributed by atoms with Crippen molar-refractivity contribution in [2.45, 2.75) is 50.1 Å². The quantitative estimate of drug-likeness (QED) is 0.548. The summed E-state index contributed by atoms with van der Waals surface area (Å²) in [5, 5.41) is 14.3. The zero-order valence-corrected chi connectivity index (χ0v) is 15.9. The van der Waals surface area contributed by atoms with E-state index in [2.05, 4.69) is 17.0 Å². The van der Waals surface area contributed by atoms with Gasteiger partial charge in [0.25, 0.3) is 5.69 Å². The van der Waals surface area contributed by atoms with Gasteiger partial charge in [0.1, 0.15) is 11.4 Å². The first-order chi connectivity index (χ1) is 12.8. The van der Waals surface area contributed by atoms with E-state index in [1.165, 1.54) is 18.4 Å². The number of nitro benzene ring substituents is 1. The molecule has 0 bridgehead atoms. The summed E-state index contributed by atoms with van der Waals surface area (Å²) < 4.78 is 33.2. The predicted octanol–water partition coefficient (Wildman–Crippen LogP) is 3.66. The van der Waals surface area contributed by atoms with E-state index < -0.39 is 14.9 Å². The molecule has 0 aliphatic heterocycles. The molecule has 9 heteroatoms. The molecule has 0 spiro atoms. The number of hydrogen-bond donors (Lipinski definition) is 2. The minimum atomic E-state index is -3.81. The largest absolute Gasteiger partial charge is 0.467 e. The molecular formula is C18H23N3O5S. The lowest BCUT2D eigenvalue weighted by molar-refractivity contribution is -0.384. The normalized spacial score (nSPS) is 20.3. The molecule has 0 radical (unpaired) electrons. The maximum absolute atomic E-state index is 12.6. The fourth-order valence-electron chi connectivity index (χ4n) is 3.24. The Kier molecular flexibility index (Phi) is 5.81. The topological polar surface area (TPSA) is 114 Å². The van der Waals surface area contributed by atoms with Gasteiger partial charge in [-0.25, -0.2) is 13.1 Å². The van der Waals surface area contributed by atoms with E-state index in [1.807, 2.05) is 0 Å². The number of nitrogens with one attached hydrogen (secondary N) is 2. The summed E-state index contributed by atoms with van der Waals surface area (Å²) in [5.74, 6) is 1.22. The van der Waals surface area contributed by atoms with E-state index in [0.29, 0.717) is 11.7 Å². The van der Waals surface area contributed by atoms with E-state index in [0.717, 1.165) is 31.7 Å². The van der Waals surface area contributed by atoms with E-state index in [9.17, 15) is 18.5 Å². The van der Waals surface area contributed by atoms with Crippen LogP contribution < -0.4 is 10.0 Å². The summed E-state index contributed by atoms with van der Waals surface area (Å²) in [7, 11) is -3.81. The Morgan fingerprint density at radius 3 is 2.59 bits per heavy atom. The summed E-state index contributed by atoms with van der Waals surface area (Å²) in [6.45, 7) is 2.42. The lowest BCUT2D eigenvalue weighted by atomic mass is 9.88. The molecule has 2 N–H and O–H groups in total. The average molecular weight is 393 g/mol. The highest BCUT2D eigenvalue weighted by atomic mass is 32.2. The van der Waals surface area contributed by atoms with Crippen molar-refractivity contribution < 1.29 is 17.8 Å².